The van der Waals surface area contributed by atoms with E-state index in [9.17, 15) is 14.9 Å². The van der Waals surface area contributed by atoms with Gasteiger partial charge in [-0.3, -0.25) is 14.9 Å². The van der Waals surface area contributed by atoms with Gasteiger partial charge in [-0.05, 0) is 23.8 Å². The third kappa shape index (κ3) is 4.46. The van der Waals surface area contributed by atoms with E-state index in [1.54, 1.807) is 0 Å². The number of benzene rings is 1. The van der Waals surface area contributed by atoms with Crippen LogP contribution in [-0.4, -0.2) is 33.9 Å². The van der Waals surface area contributed by atoms with Crippen LogP contribution < -0.4 is 0 Å². The van der Waals surface area contributed by atoms with Crippen LogP contribution in [0.15, 0.2) is 24.3 Å². The van der Waals surface area contributed by atoms with Crippen molar-refractivity contribution < 1.29 is 14.8 Å². The quantitative estimate of drug-likeness (QED) is 0.466. The third-order valence-corrected chi connectivity index (χ3v) is 3.62. The summed E-state index contributed by atoms with van der Waals surface area (Å²) >= 11 is 1.46. The van der Waals surface area contributed by atoms with Crippen molar-refractivity contribution in [2.75, 3.05) is 18.1 Å². The van der Waals surface area contributed by atoms with Gasteiger partial charge in [0.2, 0.25) is 0 Å². The van der Waals surface area contributed by atoms with Crippen LogP contribution in [0.2, 0.25) is 0 Å². The number of nitro benzene ring substituents is 1. The van der Waals surface area contributed by atoms with E-state index in [4.69, 9.17) is 5.11 Å². The van der Waals surface area contributed by atoms with Crippen molar-refractivity contribution in [3.63, 3.8) is 0 Å². The average molecular weight is 269 g/mol. The molecule has 0 amide bonds. The molecule has 0 fully saturated rings. The predicted octanol–water partition coefficient (Wildman–Crippen LogP) is 2.14. The number of carbonyl (C=O) groups is 1. The molecule has 1 atom stereocenters. The Hall–Kier alpha value is -1.40. The van der Waals surface area contributed by atoms with Crippen LogP contribution in [0.25, 0.3) is 0 Å². The molecule has 0 radical (unpaired) electrons. The molecule has 0 aromatic heterocycles. The molecule has 0 saturated carbocycles. The summed E-state index contributed by atoms with van der Waals surface area (Å²) in [5.74, 6) is 1.15. The van der Waals surface area contributed by atoms with Crippen molar-refractivity contribution in [3.8, 4) is 0 Å². The van der Waals surface area contributed by atoms with Gasteiger partial charge in [0.25, 0.3) is 5.69 Å². The van der Waals surface area contributed by atoms with Crippen molar-refractivity contribution in [2.45, 2.75) is 6.92 Å². The molecule has 0 spiro atoms. The number of aliphatic hydroxyl groups excluding tert-OH is 1. The highest BCUT2D eigenvalue weighted by atomic mass is 32.2. The van der Waals surface area contributed by atoms with Crippen LogP contribution in [0.1, 0.15) is 17.3 Å². The zero-order valence-corrected chi connectivity index (χ0v) is 10.9. The number of ketones is 1. The number of nitro groups is 1. The summed E-state index contributed by atoms with van der Waals surface area (Å²) in [5, 5.41) is 19.3. The first-order valence-electron chi connectivity index (χ1n) is 5.51. The highest BCUT2D eigenvalue weighted by Crippen LogP contribution is 2.15. The third-order valence-electron chi connectivity index (χ3n) is 2.35. The van der Waals surface area contributed by atoms with Gasteiger partial charge in [0.15, 0.2) is 5.78 Å². The number of carbonyl (C=O) groups excluding carboxylic acids is 1. The number of hydrogen-bond donors (Lipinski definition) is 1. The standard InChI is InChI=1S/C12H15NO4S/c1-9(6-14)7-18-8-12(15)10-2-4-11(5-3-10)13(16)17/h2-5,9,14H,6-8H2,1H3. The maximum atomic E-state index is 11.7. The molecule has 1 rings (SSSR count). The Kier molecular flexibility index (Phi) is 5.80. The van der Waals surface area contributed by atoms with Crippen LogP contribution in [0.3, 0.4) is 0 Å². The summed E-state index contributed by atoms with van der Waals surface area (Å²) in [6, 6.07) is 5.59. The molecule has 5 nitrogen and oxygen atoms in total. The van der Waals surface area contributed by atoms with Crippen molar-refractivity contribution in [1.82, 2.24) is 0 Å². The summed E-state index contributed by atoms with van der Waals surface area (Å²) in [6.45, 7) is 2.02. The Balaban J connectivity index is 2.49. The lowest BCUT2D eigenvalue weighted by Crippen LogP contribution is -2.08. The number of thioether (sulfide) groups is 1. The number of aliphatic hydroxyl groups is 1. The molecule has 1 unspecified atom stereocenters. The zero-order valence-electron chi connectivity index (χ0n) is 10.0. The normalized spacial score (nSPS) is 12.1. The fraction of sp³-hybridized carbons (Fsp3) is 0.417. The maximum Gasteiger partial charge on any atom is 0.269 e. The van der Waals surface area contributed by atoms with Crippen LogP contribution in [-0.2, 0) is 0 Å². The van der Waals surface area contributed by atoms with Crippen molar-refractivity contribution >= 4 is 23.2 Å². The lowest BCUT2D eigenvalue weighted by atomic mass is 10.1. The second-order valence-electron chi connectivity index (χ2n) is 4.03. The average Bonchev–Trinajstić information content (AvgIpc) is 2.38. The van der Waals surface area contributed by atoms with Gasteiger partial charge in [-0.1, -0.05) is 6.92 Å². The van der Waals surface area contributed by atoms with Crippen molar-refractivity contribution in [1.29, 1.82) is 0 Å². The highest BCUT2D eigenvalue weighted by Gasteiger charge is 2.10. The molecule has 1 N–H and O–H groups in total. The summed E-state index contributed by atoms with van der Waals surface area (Å²) in [4.78, 5) is 21.7. The second kappa shape index (κ2) is 7.13. The Morgan fingerprint density at radius 3 is 2.56 bits per heavy atom. The number of rotatable bonds is 7. The van der Waals surface area contributed by atoms with Gasteiger partial charge in [-0.25, -0.2) is 0 Å². The number of nitrogens with zero attached hydrogens (tertiary/aromatic N) is 1. The van der Waals surface area contributed by atoms with E-state index >= 15 is 0 Å². The molecule has 0 bridgehead atoms. The molecule has 6 heteroatoms. The SMILES string of the molecule is CC(CO)CSCC(=O)c1ccc([N+](=O)[O-])cc1. The first kappa shape index (κ1) is 14.7. The van der Waals surface area contributed by atoms with Crippen molar-refractivity contribution in [3.05, 3.63) is 39.9 Å². The molecule has 0 saturated heterocycles. The fourth-order valence-corrected chi connectivity index (χ4v) is 2.24. The Labute approximate surface area is 109 Å². The smallest absolute Gasteiger partial charge is 0.269 e. The van der Waals surface area contributed by atoms with Gasteiger partial charge >= 0.3 is 0 Å². The highest BCUT2D eigenvalue weighted by molar-refractivity contribution is 7.99. The molecule has 1 aromatic carbocycles. The molecule has 1 aromatic rings. The van der Waals surface area contributed by atoms with E-state index in [1.807, 2.05) is 6.92 Å². The van der Waals surface area contributed by atoms with Gasteiger partial charge < -0.3 is 5.11 Å². The first-order valence-corrected chi connectivity index (χ1v) is 6.66. The lowest BCUT2D eigenvalue weighted by Gasteiger charge is -2.06. The lowest BCUT2D eigenvalue weighted by molar-refractivity contribution is -0.384. The van der Waals surface area contributed by atoms with E-state index in [0.29, 0.717) is 11.3 Å². The summed E-state index contributed by atoms with van der Waals surface area (Å²) in [5.41, 5.74) is 0.456. The second-order valence-corrected chi connectivity index (χ2v) is 5.06. The molecular formula is C12H15NO4S. The zero-order chi connectivity index (χ0) is 13.5. The monoisotopic (exact) mass is 269 g/mol. The summed E-state index contributed by atoms with van der Waals surface area (Å²) < 4.78 is 0. The minimum absolute atomic E-state index is 0.0203. The van der Waals surface area contributed by atoms with Crippen LogP contribution in [0, 0.1) is 16.0 Å². The van der Waals surface area contributed by atoms with Gasteiger partial charge in [0.05, 0.1) is 10.7 Å². The van der Waals surface area contributed by atoms with E-state index in [2.05, 4.69) is 0 Å². The van der Waals surface area contributed by atoms with Gasteiger partial charge in [-0.15, -0.1) is 0 Å². The van der Waals surface area contributed by atoms with E-state index in [1.165, 1.54) is 36.0 Å². The molecule has 0 heterocycles. The minimum atomic E-state index is -0.494. The molecular weight excluding hydrogens is 254 g/mol. The summed E-state index contributed by atoms with van der Waals surface area (Å²) in [7, 11) is 0. The Bertz CT molecular complexity index is 419. The van der Waals surface area contributed by atoms with Crippen LogP contribution in [0.5, 0.6) is 0 Å². The number of hydrogen-bond acceptors (Lipinski definition) is 5. The van der Waals surface area contributed by atoms with Gasteiger partial charge in [0, 0.05) is 24.3 Å². The van der Waals surface area contributed by atoms with Crippen molar-refractivity contribution in [2.24, 2.45) is 5.92 Å². The molecule has 0 aliphatic heterocycles. The Morgan fingerprint density at radius 2 is 2.06 bits per heavy atom. The molecule has 0 aliphatic carbocycles. The van der Waals surface area contributed by atoms with Gasteiger partial charge in [-0.2, -0.15) is 11.8 Å². The fourth-order valence-electron chi connectivity index (χ4n) is 1.26. The number of non-ortho nitro benzene ring substituents is 1. The van der Waals surface area contributed by atoms with Gasteiger partial charge in [0.1, 0.15) is 0 Å². The first-order chi connectivity index (χ1) is 8.54. The topological polar surface area (TPSA) is 80.4 Å². The predicted molar refractivity (Wildman–Crippen MR) is 71.0 cm³/mol. The van der Waals surface area contributed by atoms with E-state index in [0.717, 1.165) is 5.75 Å². The molecule has 18 heavy (non-hydrogen) atoms. The van der Waals surface area contributed by atoms with Crippen LogP contribution in [0.4, 0.5) is 5.69 Å². The number of Topliss-reactive ketones (excluding diaryl/α,β-unsaturated/α-hetero) is 1. The van der Waals surface area contributed by atoms with Crippen LogP contribution >= 0.6 is 11.8 Å². The molecule has 98 valence electrons. The molecule has 0 aliphatic rings. The van der Waals surface area contributed by atoms with E-state index < -0.39 is 4.92 Å². The largest absolute Gasteiger partial charge is 0.396 e. The van der Waals surface area contributed by atoms with E-state index in [-0.39, 0.29) is 24.0 Å². The Morgan fingerprint density at radius 1 is 1.44 bits per heavy atom. The maximum absolute atomic E-state index is 11.7. The summed E-state index contributed by atoms with van der Waals surface area (Å²) in [6.07, 6.45) is 0. The minimum Gasteiger partial charge on any atom is -0.396 e.